The summed E-state index contributed by atoms with van der Waals surface area (Å²) < 4.78 is 0. The summed E-state index contributed by atoms with van der Waals surface area (Å²) in [5.74, 6) is -0.969. The van der Waals surface area contributed by atoms with E-state index >= 15 is 0 Å². The molecule has 1 atom stereocenters. The number of carboxylic acids is 1. The molecule has 0 radical (unpaired) electrons. The van der Waals surface area contributed by atoms with Crippen molar-refractivity contribution < 1.29 is 14.7 Å². The van der Waals surface area contributed by atoms with E-state index in [1.165, 1.54) is 5.56 Å². The minimum absolute atomic E-state index is 0.0723. The SMILES string of the molecule is CC1CCc2ccccc2N1C(=O)c1cccc(CC(=O)O)c1. The van der Waals surface area contributed by atoms with Gasteiger partial charge in [0.2, 0.25) is 0 Å². The van der Waals surface area contributed by atoms with Crippen molar-refractivity contribution in [3.63, 3.8) is 0 Å². The van der Waals surface area contributed by atoms with Gasteiger partial charge in [0.05, 0.1) is 6.42 Å². The lowest BCUT2D eigenvalue weighted by Crippen LogP contribution is -2.42. The molecule has 1 aliphatic rings. The van der Waals surface area contributed by atoms with Crippen LogP contribution >= 0.6 is 0 Å². The van der Waals surface area contributed by atoms with Crippen LogP contribution in [0, 0.1) is 0 Å². The third kappa shape index (κ3) is 3.11. The summed E-state index contributed by atoms with van der Waals surface area (Å²) in [6.07, 6.45) is 1.82. The number of amides is 1. The van der Waals surface area contributed by atoms with E-state index in [4.69, 9.17) is 5.11 Å². The molecular weight excluding hydrogens is 290 g/mol. The number of carboxylic acid groups (broad SMARTS) is 1. The van der Waals surface area contributed by atoms with Crippen LogP contribution in [0.2, 0.25) is 0 Å². The number of nitrogens with zero attached hydrogens (tertiary/aromatic N) is 1. The van der Waals surface area contributed by atoms with Crippen molar-refractivity contribution in [1.82, 2.24) is 0 Å². The van der Waals surface area contributed by atoms with E-state index in [0.29, 0.717) is 11.1 Å². The minimum Gasteiger partial charge on any atom is -0.481 e. The molecule has 23 heavy (non-hydrogen) atoms. The molecule has 0 saturated heterocycles. The Balaban J connectivity index is 1.95. The molecule has 1 N–H and O–H groups in total. The molecule has 1 aliphatic heterocycles. The fourth-order valence-corrected chi connectivity index (χ4v) is 3.13. The summed E-state index contributed by atoms with van der Waals surface area (Å²) in [6.45, 7) is 2.05. The molecule has 1 amide bonds. The predicted octanol–water partition coefficient (Wildman–Crippen LogP) is 3.30. The fourth-order valence-electron chi connectivity index (χ4n) is 3.13. The molecule has 0 aliphatic carbocycles. The van der Waals surface area contributed by atoms with Crippen molar-refractivity contribution in [1.29, 1.82) is 0 Å². The summed E-state index contributed by atoms with van der Waals surface area (Å²) in [4.78, 5) is 25.7. The van der Waals surface area contributed by atoms with Crippen LogP contribution in [-0.4, -0.2) is 23.0 Å². The first kappa shape index (κ1) is 15.3. The average molecular weight is 309 g/mol. The lowest BCUT2D eigenvalue weighted by molar-refractivity contribution is -0.136. The first-order valence-corrected chi connectivity index (χ1v) is 7.78. The standard InChI is InChI=1S/C19H19NO3/c1-13-9-10-15-6-2-3-8-17(15)20(13)19(23)16-7-4-5-14(11-16)12-18(21)22/h2-8,11,13H,9-10,12H2,1H3,(H,21,22). The Morgan fingerprint density at radius 1 is 1.17 bits per heavy atom. The highest BCUT2D eigenvalue weighted by Gasteiger charge is 2.28. The largest absolute Gasteiger partial charge is 0.481 e. The average Bonchev–Trinajstić information content (AvgIpc) is 2.54. The number of benzene rings is 2. The van der Waals surface area contributed by atoms with Crippen molar-refractivity contribution >= 4 is 17.6 Å². The smallest absolute Gasteiger partial charge is 0.307 e. The van der Waals surface area contributed by atoms with E-state index in [1.54, 1.807) is 24.3 Å². The summed E-state index contributed by atoms with van der Waals surface area (Å²) in [7, 11) is 0. The number of aryl methyl sites for hydroxylation is 1. The van der Waals surface area contributed by atoms with Crippen LogP contribution in [0.25, 0.3) is 0 Å². The van der Waals surface area contributed by atoms with Crippen LogP contribution in [0.5, 0.6) is 0 Å². The second-order valence-corrected chi connectivity index (χ2v) is 5.96. The van der Waals surface area contributed by atoms with Gasteiger partial charge in [-0.15, -0.1) is 0 Å². The molecule has 0 spiro atoms. The van der Waals surface area contributed by atoms with E-state index < -0.39 is 5.97 Å². The maximum absolute atomic E-state index is 13.0. The Kier molecular flexibility index (Phi) is 4.15. The molecule has 3 rings (SSSR count). The molecule has 0 aromatic heterocycles. The van der Waals surface area contributed by atoms with E-state index in [9.17, 15) is 9.59 Å². The Morgan fingerprint density at radius 3 is 2.74 bits per heavy atom. The van der Waals surface area contributed by atoms with Crippen molar-refractivity contribution in [3.8, 4) is 0 Å². The lowest BCUT2D eigenvalue weighted by atomic mass is 9.95. The van der Waals surface area contributed by atoms with Gasteiger partial charge in [0.25, 0.3) is 5.91 Å². The molecule has 0 saturated carbocycles. The number of hydrogen-bond donors (Lipinski definition) is 1. The zero-order chi connectivity index (χ0) is 16.4. The first-order chi connectivity index (χ1) is 11.1. The highest BCUT2D eigenvalue weighted by atomic mass is 16.4. The van der Waals surface area contributed by atoms with Crippen LogP contribution in [-0.2, 0) is 17.6 Å². The number of carbonyl (C=O) groups is 2. The van der Waals surface area contributed by atoms with Gasteiger partial charge in [-0.3, -0.25) is 9.59 Å². The van der Waals surface area contributed by atoms with Crippen molar-refractivity contribution in [2.24, 2.45) is 0 Å². The van der Waals surface area contributed by atoms with Gasteiger partial charge in [0.1, 0.15) is 0 Å². The van der Waals surface area contributed by atoms with Crippen molar-refractivity contribution in [2.75, 3.05) is 4.90 Å². The summed E-state index contributed by atoms with van der Waals surface area (Å²) >= 11 is 0. The molecule has 2 aromatic carbocycles. The molecule has 1 unspecified atom stereocenters. The quantitative estimate of drug-likeness (QED) is 0.946. The third-order valence-corrected chi connectivity index (χ3v) is 4.27. The normalized spacial score (nSPS) is 16.7. The molecular formula is C19H19NO3. The van der Waals surface area contributed by atoms with E-state index in [2.05, 4.69) is 13.0 Å². The minimum atomic E-state index is -0.897. The van der Waals surface area contributed by atoms with Crippen LogP contribution in [0.3, 0.4) is 0 Å². The number of aliphatic carboxylic acids is 1. The number of anilines is 1. The van der Waals surface area contributed by atoms with Crippen LogP contribution in [0.4, 0.5) is 5.69 Å². The zero-order valence-corrected chi connectivity index (χ0v) is 13.0. The summed E-state index contributed by atoms with van der Waals surface area (Å²) in [5.41, 5.74) is 3.31. The van der Waals surface area contributed by atoms with Gasteiger partial charge < -0.3 is 10.0 Å². The van der Waals surface area contributed by atoms with Gasteiger partial charge >= 0.3 is 5.97 Å². The maximum atomic E-state index is 13.0. The van der Waals surface area contributed by atoms with Crippen LogP contribution < -0.4 is 4.90 Å². The van der Waals surface area contributed by atoms with Crippen LogP contribution in [0.1, 0.15) is 34.8 Å². The Hall–Kier alpha value is -2.62. The summed E-state index contributed by atoms with van der Waals surface area (Å²) in [6, 6.07) is 15.0. The highest BCUT2D eigenvalue weighted by molar-refractivity contribution is 6.07. The molecule has 118 valence electrons. The Morgan fingerprint density at radius 2 is 1.96 bits per heavy atom. The highest BCUT2D eigenvalue weighted by Crippen LogP contribution is 2.31. The van der Waals surface area contributed by atoms with Crippen molar-refractivity contribution in [3.05, 3.63) is 65.2 Å². The number of rotatable bonds is 3. The van der Waals surface area contributed by atoms with Crippen LogP contribution in [0.15, 0.2) is 48.5 Å². The first-order valence-electron chi connectivity index (χ1n) is 7.78. The van der Waals surface area contributed by atoms with Crippen molar-refractivity contribution in [2.45, 2.75) is 32.2 Å². The lowest BCUT2D eigenvalue weighted by Gasteiger charge is -2.35. The topological polar surface area (TPSA) is 57.6 Å². The predicted molar refractivity (Wildman–Crippen MR) is 88.8 cm³/mol. The maximum Gasteiger partial charge on any atom is 0.307 e. The van der Waals surface area contributed by atoms with Gasteiger partial charge in [-0.05, 0) is 49.1 Å². The summed E-state index contributed by atoms with van der Waals surface area (Å²) in [5, 5.41) is 8.92. The zero-order valence-electron chi connectivity index (χ0n) is 13.0. The second kappa shape index (κ2) is 6.24. The Labute approximate surface area is 135 Å². The molecule has 0 fully saturated rings. The number of hydrogen-bond acceptors (Lipinski definition) is 2. The van der Waals surface area contributed by atoms with E-state index in [-0.39, 0.29) is 18.4 Å². The number of para-hydroxylation sites is 1. The van der Waals surface area contributed by atoms with Gasteiger partial charge in [-0.25, -0.2) is 0 Å². The molecule has 2 aromatic rings. The monoisotopic (exact) mass is 309 g/mol. The molecule has 1 heterocycles. The number of carbonyl (C=O) groups excluding carboxylic acids is 1. The molecule has 0 bridgehead atoms. The Bertz CT molecular complexity index is 754. The third-order valence-electron chi connectivity index (χ3n) is 4.27. The van der Waals surface area contributed by atoms with Gasteiger partial charge in [0.15, 0.2) is 0 Å². The molecule has 4 nitrogen and oxygen atoms in total. The van der Waals surface area contributed by atoms with E-state index in [0.717, 1.165) is 18.5 Å². The van der Waals surface area contributed by atoms with E-state index in [1.807, 2.05) is 23.1 Å². The fraction of sp³-hybridized carbons (Fsp3) is 0.263. The number of fused-ring (bicyclic) bond motifs is 1. The van der Waals surface area contributed by atoms with Gasteiger partial charge in [-0.1, -0.05) is 30.3 Å². The molecule has 4 heteroatoms. The van der Waals surface area contributed by atoms with Gasteiger partial charge in [0, 0.05) is 17.3 Å². The van der Waals surface area contributed by atoms with Gasteiger partial charge in [-0.2, -0.15) is 0 Å². The second-order valence-electron chi connectivity index (χ2n) is 5.96.